The zero-order valence-corrected chi connectivity index (χ0v) is 55.2. The van der Waals surface area contributed by atoms with E-state index in [1.54, 1.807) is 0 Å². The van der Waals surface area contributed by atoms with Crippen molar-refractivity contribution in [1.82, 2.24) is 0 Å². The van der Waals surface area contributed by atoms with Crippen molar-refractivity contribution >= 4 is 17.7 Å². The summed E-state index contributed by atoms with van der Waals surface area (Å²) in [7, 11) is 0. The molecule has 0 aromatic carbocycles. The fraction of sp³-hybridized carbons (Fsp3) is 0.564. The summed E-state index contributed by atoms with van der Waals surface area (Å²) in [6.07, 6.45) is 74.9. The summed E-state index contributed by atoms with van der Waals surface area (Å²) in [5, 5.41) is 11.6. The molecule has 5 atom stereocenters. The predicted octanol–water partition coefficient (Wildman–Crippen LogP) is 21.0. The molecule has 468 valence electrons. The van der Waals surface area contributed by atoms with Crippen LogP contribution in [-0.4, -0.2) is 51.8 Å². The Labute approximate surface area is 517 Å². The van der Waals surface area contributed by atoms with Crippen LogP contribution in [0.5, 0.6) is 0 Å². The van der Waals surface area contributed by atoms with Gasteiger partial charge in [0.1, 0.15) is 17.8 Å². The minimum Gasteiger partial charge on any atom is -0.462 e. The minimum absolute atomic E-state index is 0.0608. The highest BCUT2D eigenvalue weighted by molar-refractivity contribution is 5.96. The first-order chi connectivity index (χ1) is 40.6. The zero-order chi connectivity index (χ0) is 62.5. The molecule has 2 aliphatic carbocycles. The van der Waals surface area contributed by atoms with Gasteiger partial charge in [-0.1, -0.05) is 237 Å². The lowest BCUT2D eigenvalue weighted by atomic mass is 9.61. The number of rotatable bonds is 39. The van der Waals surface area contributed by atoms with Crippen LogP contribution < -0.4 is 0 Å². The van der Waals surface area contributed by atoms with Crippen molar-refractivity contribution in [2.75, 3.05) is 0 Å². The molecule has 1 N–H and O–H groups in total. The maximum Gasteiger partial charge on any atom is 0.306 e. The molecule has 1 aliphatic heterocycles. The molecule has 1 saturated heterocycles. The Morgan fingerprint density at radius 3 is 1.54 bits per heavy atom. The molecule has 0 bridgehead atoms. The Morgan fingerprint density at radius 1 is 0.529 bits per heavy atom. The first-order valence-electron chi connectivity index (χ1n) is 32.7. The second-order valence-electron chi connectivity index (χ2n) is 25.8. The summed E-state index contributed by atoms with van der Waals surface area (Å²) in [6.45, 7) is 24.7. The van der Waals surface area contributed by atoms with Crippen LogP contribution in [0, 0.1) is 10.8 Å². The minimum atomic E-state index is -1.14. The Morgan fingerprint density at radius 2 is 1.00 bits per heavy atom. The van der Waals surface area contributed by atoms with Crippen LogP contribution in [0.1, 0.15) is 244 Å². The van der Waals surface area contributed by atoms with Crippen molar-refractivity contribution in [1.29, 1.82) is 0 Å². The number of Topliss-reactive ketones (excluding diaryl/α,β-unsaturated/α-hetero) is 1. The molecule has 3 aliphatic rings. The standard InChI is InChI=1S/C78H114O7/c1-13-15-17-19-21-23-25-27-28-29-30-31-32-34-36-38-40-42-44-56-73(81)84-69-60-75(9,10)78(77(12,62-69)85-78)63-70(79)67(6)54-48-53-65(4)50-46-45-49-64(3)51-47-52-66(5)57-58-71-74(7,8)59-68(61-76(71,11)82)83-72(80)55-43-41-39-37-35-33-26-24-22-20-18-16-14-2/h15,17,21,23-24,26-28,30-31,34,36,40,42,45-54,57,68-69,82H,13-14,16,18-20,22,25,29,32-33,35,37-39,41,43-44,55-56,59-63H2,1-12H3/b17-15-,23-21-,26-24-,28-27-,31-30-,36-34-,42-40-,46-45+,51-47+,53-48+,64-49+,65-50+,66-52+,67-54+/t58?,68-,69-,76+,77+,78-/m0/s1. The van der Waals surface area contributed by atoms with Gasteiger partial charge < -0.3 is 19.3 Å². The van der Waals surface area contributed by atoms with Crippen LogP contribution in [0.15, 0.2) is 185 Å². The van der Waals surface area contributed by atoms with E-state index in [1.807, 2.05) is 82.4 Å². The maximum absolute atomic E-state index is 13.6. The van der Waals surface area contributed by atoms with E-state index in [4.69, 9.17) is 14.2 Å². The highest BCUT2D eigenvalue weighted by Gasteiger charge is 2.76. The van der Waals surface area contributed by atoms with E-state index in [9.17, 15) is 19.5 Å². The number of ether oxygens (including phenoxy) is 3. The molecule has 0 unspecified atom stereocenters. The Hall–Kier alpha value is -5.59. The first-order valence-corrected chi connectivity index (χ1v) is 32.7. The van der Waals surface area contributed by atoms with Crippen LogP contribution >= 0.6 is 0 Å². The van der Waals surface area contributed by atoms with E-state index >= 15 is 0 Å². The summed E-state index contributed by atoms with van der Waals surface area (Å²) in [5.74, 6) is -0.294. The second kappa shape index (κ2) is 40.0. The van der Waals surface area contributed by atoms with Gasteiger partial charge in [0.05, 0.1) is 11.2 Å². The molecule has 0 aromatic heterocycles. The Balaban J connectivity index is 1.37. The molecule has 1 heterocycles. The predicted molar refractivity (Wildman–Crippen MR) is 360 cm³/mol. The van der Waals surface area contributed by atoms with Crippen molar-refractivity contribution in [2.24, 2.45) is 10.8 Å². The van der Waals surface area contributed by atoms with Gasteiger partial charge in [-0.05, 0) is 154 Å². The summed E-state index contributed by atoms with van der Waals surface area (Å²) < 4.78 is 18.4. The number of unbranched alkanes of at least 4 members (excludes halogenated alkanes) is 9. The van der Waals surface area contributed by atoms with Crippen molar-refractivity contribution in [3.8, 4) is 0 Å². The Kier molecular flexibility index (Phi) is 34.6. The van der Waals surface area contributed by atoms with Gasteiger partial charge in [0.25, 0.3) is 0 Å². The number of allylic oxidation sites excluding steroid dienone is 28. The highest BCUT2D eigenvalue weighted by Crippen LogP contribution is 2.67. The lowest BCUT2D eigenvalue weighted by molar-refractivity contribution is -0.156. The number of ketones is 1. The number of carbonyl (C=O) groups excluding carboxylic acids is 3. The van der Waals surface area contributed by atoms with E-state index < -0.39 is 16.8 Å². The van der Waals surface area contributed by atoms with Crippen molar-refractivity contribution in [3.63, 3.8) is 0 Å². The van der Waals surface area contributed by atoms with Crippen LogP contribution in [-0.2, 0) is 28.6 Å². The van der Waals surface area contributed by atoms with Gasteiger partial charge in [0.15, 0.2) is 5.78 Å². The van der Waals surface area contributed by atoms with Gasteiger partial charge in [-0.2, -0.15) is 0 Å². The quantitative estimate of drug-likeness (QED) is 0.0124. The molecule has 7 heteroatoms. The van der Waals surface area contributed by atoms with Gasteiger partial charge in [0.2, 0.25) is 0 Å². The maximum atomic E-state index is 13.6. The second-order valence-corrected chi connectivity index (χ2v) is 25.8. The van der Waals surface area contributed by atoms with E-state index in [-0.39, 0.29) is 40.8 Å². The molecule has 2 saturated carbocycles. The number of fused-ring (bicyclic) bond motifs is 1. The van der Waals surface area contributed by atoms with Crippen LogP contribution in [0.4, 0.5) is 0 Å². The fourth-order valence-corrected chi connectivity index (χ4v) is 11.9. The molecular weight excluding hydrogens is 1050 g/mol. The van der Waals surface area contributed by atoms with Crippen LogP contribution in [0.2, 0.25) is 0 Å². The average molecular weight is 1160 g/mol. The average Bonchev–Trinajstić information content (AvgIpc) is 1.56. The smallest absolute Gasteiger partial charge is 0.306 e. The molecule has 0 spiro atoms. The number of esters is 2. The van der Waals surface area contributed by atoms with Crippen molar-refractivity contribution in [3.05, 3.63) is 185 Å². The van der Waals surface area contributed by atoms with E-state index in [0.29, 0.717) is 56.9 Å². The van der Waals surface area contributed by atoms with Gasteiger partial charge in [-0.15, -0.1) is 5.73 Å². The molecule has 0 aromatic rings. The van der Waals surface area contributed by atoms with Gasteiger partial charge >= 0.3 is 11.9 Å². The largest absolute Gasteiger partial charge is 0.462 e. The third kappa shape index (κ3) is 29.1. The summed E-state index contributed by atoms with van der Waals surface area (Å²) >= 11 is 0. The lowest BCUT2D eigenvalue weighted by Crippen LogP contribution is -2.49. The first kappa shape index (κ1) is 73.7. The number of hydrogen-bond donors (Lipinski definition) is 1. The number of carbonyl (C=O) groups is 3. The molecule has 85 heavy (non-hydrogen) atoms. The van der Waals surface area contributed by atoms with Gasteiger partial charge in [-0.25, -0.2) is 0 Å². The highest BCUT2D eigenvalue weighted by atomic mass is 16.6. The third-order valence-corrected chi connectivity index (χ3v) is 16.6. The molecule has 3 fully saturated rings. The van der Waals surface area contributed by atoms with Gasteiger partial charge in [0, 0.05) is 43.1 Å². The number of aliphatic hydroxyl groups is 1. The molecular formula is C78H114O7. The molecule has 3 rings (SSSR count). The van der Waals surface area contributed by atoms with Crippen LogP contribution in [0.25, 0.3) is 0 Å². The van der Waals surface area contributed by atoms with Crippen molar-refractivity contribution in [2.45, 2.75) is 273 Å². The monoisotopic (exact) mass is 1160 g/mol. The normalized spacial score (nSPS) is 24.1. The summed E-state index contributed by atoms with van der Waals surface area (Å²) in [6, 6.07) is 0. The van der Waals surface area contributed by atoms with E-state index in [2.05, 4.69) is 158 Å². The lowest BCUT2D eigenvalue weighted by Gasteiger charge is -2.44. The Bertz CT molecular complexity index is 2560. The van der Waals surface area contributed by atoms with Crippen LogP contribution in [0.3, 0.4) is 0 Å². The third-order valence-electron chi connectivity index (χ3n) is 16.6. The van der Waals surface area contributed by atoms with Gasteiger partial charge in [-0.3, -0.25) is 14.4 Å². The van der Waals surface area contributed by atoms with E-state index in [0.717, 1.165) is 86.5 Å². The van der Waals surface area contributed by atoms with Crippen molar-refractivity contribution < 1.29 is 33.7 Å². The summed E-state index contributed by atoms with van der Waals surface area (Å²) in [5.41, 5.74) is 5.08. The number of epoxide rings is 1. The molecule has 0 radical (unpaired) electrons. The summed E-state index contributed by atoms with van der Waals surface area (Å²) in [4.78, 5) is 39.4. The zero-order valence-electron chi connectivity index (χ0n) is 55.2. The van der Waals surface area contributed by atoms with E-state index in [1.165, 1.54) is 44.9 Å². The fourth-order valence-electron chi connectivity index (χ4n) is 11.9. The SMILES string of the molecule is CC/C=C\C/C=C\C/C=C\C/C=C\C/C=C\C/C=C\CCC(=O)O[C@H]1CC(C)(C)[C@]2(CC(=O)/C(C)=C/C=C/C(C)=C/C=C/C=C(C)/C=C/C=C(\C)C=C=C3C(C)(C)C[C@H](OC(=O)CCCCCCC/C=C\CCCCCC)C[C@@]3(C)O)O[C@]2(C)C1. The molecule has 7 nitrogen and oxygen atoms in total. The topological polar surface area (TPSA) is 102 Å². The molecule has 0 amide bonds. The number of hydrogen-bond acceptors (Lipinski definition) is 7.